The second kappa shape index (κ2) is 5.55. The van der Waals surface area contributed by atoms with Crippen LogP contribution in [-0.4, -0.2) is 13.0 Å². The van der Waals surface area contributed by atoms with E-state index in [1.165, 1.54) is 12.1 Å². The van der Waals surface area contributed by atoms with Crippen molar-refractivity contribution in [3.8, 4) is 22.6 Å². The molecule has 0 spiro atoms. The van der Waals surface area contributed by atoms with Crippen LogP contribution in [0.15, 0.2) is 36.4 Å². The minimum absolute atomic E-state index is 0.166. The van der Waals surface area contributed by atoms with Gasteiger partial charge >= 0.3 is 6.36 Å². The van der Waals surface area contributed by atoms with E-state index in [9.17, 15) is 13.2 Å². The van der Waals surface area contributed by atoms with E-state index < -0.39 is 6.36 Å². The second-order valence-electron chi connectivity index (χ2n) is 5.12. The predicted molar refractivity (Wildman–Crippen MR) is 77.1 cm³/mol. The molecule has 0 fully saturated rings. The molecule has 2 nitrogen and oxygen atoms in total. The van der Waals surface area contributed by atoms with E-state index in [1.807, 2.05) is 25.1 Å². The van der Waals surface area contributed by atoms with E-state index in [2.05, 4.69) is 4.74 Å². The van der Waals surface area contributed by atoms with Gasteiger partial charge in [0.25, 0.3) is 0 Å². The molecule has 0 atom stereocenters. The Balaban J connectivity index is 1.94. The Morgan fingerprint density at radius 2 is 1.45 bits per heavy atom. The summed E-state index contributed by atoms with van der Waals surface area (Å²) in [5.41, 5.74) is 4.03. The van der Waals surface area contributed by atoms with Gasteiger partial charge in [0.1, 0.15) is 11.5 Å². The lowest BCUT2D eigenvalue weighted by atomic mass is 9.85. The number of aryl methyl sites for hydroxylation is 2. The molecule has 0 aliphatic heterocycles. The van der Waals surface area contributed by atoms with E-state index in [1.54, 1.807) is 6.07 Å². The number of hydrogen-bond donors (Lipinski definition) is 0. The third-order valence-corrected chi connectivity index (χ3v) is 3.65. The molecule has 3 rings (SSSR count). The normalized spacial score (nSPS) is 13.3. The molecule has 0 unspecified atom stereocenters. The Hall–Kier alpha value is -2.17. The summed E-state index contributed by atoms with van der Waals surface area (Å²) < 4.78 is 46.4. The smallest absolute Gasteiger partial charge is 0.494 e. The highest BCUT2D eigenvalue weighted by Gasteiger charge is 2.31. The first kappa shape index (κ1) is 14.8. The summed E-state index contributed by atoms with van der Waals surface area (Å²) in [4.78, 5) is 0. The molecule has 0 aromatic heterocycles. The summed E-state index contributed by atoms with van der Waals surface area (Å²) in [6.07, 6.45) is -3.20. The summed E-state index contributed by atoms with van der Waals surface area (Å²) >= 11 is 0. The van der Waals surface area contributed by atoms with Crippen molar-refractivity contribution in [1.29, 1.82) is 0 Å². The molecule has 0 bridgehead atoms. The Morgan fingerprint density at radius 3 is 2.00 bits per heavy atom. The second-order valence-corrected chi connectivity index (χ2v) is 5.12. The van der Waals surface area contributed by atoms with E-state index in [-0.39, 0.29) is 5.75 Å². The van der Waals surface area contributed by atoms with Gasteiger partial charge in [-0.2, -0.15) is 0 Å². The molecule has 0 saturated heterocycles. The quantitative estimate of drug-likeness (QED) is 0.814. The molecule has 116 valence electrons. The van der Waals surface area contributed by atoms with E-state index in [4.69, 9.17) is 4.74 Å². The van der Waals surface area contributed by atoms with Crippen molar-refractivity contribution in [1.82, 2.24) is 0 Å². The van der Waals surface area contributed by atoms with Crippen LogP contribution in [0.5, 0.6) is 11.5 Å². The van der Waals surface area contributed by atoms with E-state index in [0.29, 0.717) is 13.0 Å². The van der Waals surface area contributed by atoms with E-state index in [0.717, 1.165) is 34.4 Å². The first-order valence-corrected chi connectivity index (χ1v) is 7.11. The van der Waals surface area contributed by atoms with Crippen LogP contribution >= 0.6 is 0 Å². The highest BCUT2D eigenvalue weighted by atomic mass is 19.4. The van der Waals surface area contributed by atoms with E-state index >= 15 is 0 Å². The summed E-state index contributed by atoms with van der Waals surface area (Å²) in [7, 11) is 0. The Bertz CT molecular complexity index is 693. The number of rotatable bonds is 3. The van der Waals surface area contributed by atoms with Gasteiger partial charge in [0, 0.05) is 0 Å². The van der Waals surface area contributed by atoms with Crippen molar-refractivity contribution in [3.05, 3.63) is 47.5 Å². The van der Waals surface area contributed by atoms with Gasteiger partial charge in [-0.25, -0.2) is 0 Å². The maximum absolute atomic E-state index is 12.3. The van der Waals surface area contributed by atoms with Crippen LogP contribution in [0.1, 0.15) is 18.1 Å². The number of ether oxygens (including phenoxy) is 2. The van der Waals surface area contributed by atoms with Crippen LogP contribution in [0.3, 0.4) is 0 Å². The maximum Gasteiger partial charge on any atom is 0.573 e. The molecule has 0 amide bonds. The van der Waals surface area contributed by atoms with Gasteiger partial charge in [-0.05, 0) is 66.3 Å². The number of hydrogen-bond acceptors (Lipinski definition) is 2. The lowest BCUT2D eigenvalue weighted by Crippen LogP contribution is -2.17. The lowest BCUT2D eigenvalue weighted by Gasteiger charge is -2.21. The summed E-state index contributed by atoms with van der Waals surface area (Å²) in [6.45, 7) is 2.53. The molecule has 2 aromatic carbocycles. The maximum atomic E-state index is 12.3. The molecule has 0 radical (unpaired) electrons. The molecular weight excluding hydrogens is 293 g/mol. The van der Waals surface area contributed by atoms with Crippen molar-refractivity contribution < 1.29 is 22.6 Å². The van der Waals surface area contributed by atoms with Crippen molar-refractivity contribution >= 4 is 0 Å². The number of halogens is 3. The summed E-state index contributed by atoms with van der Waals surface area (Å²) in [5.74, 6) is 0.655. The molecule has 0 saturated carbocycles. The fraction of sp³-hybridized carbons (Fsp3) is 0.294. The topological polar surface area (TPSA) is 18.5 Å². The third-order valence-electron chi connectivity index (χ3n) is 3.65. The van der Waals surface area contributed by atoms with Gasteiger partial charge in [-0.15, -0.1) is 13.2 Å². The summed E-state index contributed by atoms with van der Waals surface area (Å²) in [6, 6.07) is 10.4. The fourth-order valence-electron chi connectivity index (χ4n) is 2.80. The number of fused-ring (bicyclic) bond motifs is 3. The predicted octanol–water partition coefficient (Wildman–Crippen LogP) is 4.75. The van der Waals surface area contributed by atoms with Crippen molar-refractivity contribution in [3.63, 3.8) is 0 Å². The average molecular weight is 308 g/mol. The summed E-state index contributed by atoms with van der Waals surface area (Å²) in [5, 5.41) is 0. The van der Waals surface area contributed by atoms with Crippen LogP contribution in [0, 0.1) is 0 Å². The van der Waals surface area contributed by atoms with Gasteiger partial charge in [-0.1, -0.05) is 12.1 Å². The Kier molecular flexibility index (Phi) is 3.72. The molecule has 5 heteroatoms. The number of benzene rings is 2. The fourth-order valence-corrected chi connectivity index (χ4v) is 2.80. The SMILES string of the molecule is CCOc1ccc2c(c1)CCc1cc(OC(F)(F)F)ccc1-2. The minimum Gasteiger partial charge on any atom is -0.494 e. The largest absolute Gasteiger partial charge is 0.573 e. The molecule has 0 heterocycles. The molecule has 0 N–H and O–H groups in total. The highest BCUT2D eigenvalue weighted by molar-refractivity contribution is 5.74. The molecule has 1 aliphatic carbocycles. The van der Waals surface area contributed by atoms with Gasteiger partial charge in [-0.3, -0.25) is 0 Å². The zero-order chi connectivity index (χ0) is 15.7. The highest BCUT2D eigenvalue weighted by Crippen LogP contribution is 2.37. The van der Waals surface area contributed by atoms with Crippen LogP contribution in [0.2, 0.25) is 0 Å². The van der Waals surface area contributed by atoms with Crippen LogP contribution in [0.4, 0.5) is 13.2 Å². The monoisotopic (exact) mass is 308 g/mol. The average Bonchev–Trinajstić information content (AvgIpc) is 2.45. The van der Waals surface area contributed by atoms with Gasteiger partial charge in [0.15, 0.2) is 0 Å². The third kappa shape index (κ3) is 3.03. The minimum atomic E-state index is -4.66. The molecular formula is C17H15F3O2. The zero-order valence-electron chi connectivity index (χ0n) is 12.0. The molecule has 22 heavy (non-hydrogen) atoms. The van der Waals surface area contributed by atoms with Crippen molar-refractivity contribution in [2.75, 3.05) is 6.61 Å². The van der Waals surface area contributed by atoms with Crippen LogP contribution in [-0.2, 0) is 12.8 Å². The lowest BCUT2D eigenvalue weighted by molar-refractivity contribution is -0.274. The zero-order valence-corrected chi connectivity index (χ0v) is 12.0. The standard InChI is InChI=1S/C17H15F3O2/c1-2-21-13-5-7-15-11(9-13)3-4-12-10-14(6-8-16(12)15)22-17(18,19)20/h5-10H,2-4H2,1H3. The van der Waals surface area contributed by atoms with Gasteiger partial charge in [0.05, 0.1) is 6.61 Å². The van der Waals surface area contributed by atoms with Crippen LogP contribution in [0.25, 0.3) is 11.1 Å². The first-order valence-electron chi connectivity index (χ1n) is 7.11. The molecule has 1 aliphatic rings. The first-order chi connectivity index (χ1) is 10.5. The van der Waals surface area contributed by atoms with Gasteiger partial charge < -0.3 is 9.47 Å². The van der Waals surface area contributed by atoms with Gasteiger partial charge in [0.2, 0.25) is 0 Å². The van der Waals surface area contributed by atoms with Crippen molar-refractivity contribution in [2.45, 2.75) is 26.1 Å². The Labute approximate surface area is 126 Å². The van der Waals surface area contributed by atoms with Crippen molar-refractivity contribution in [2.24, 2.45) is 0 Å². The molecule has 2 aromatic rings. The number of alkyl halides is 3. The van der Waals surface area contributed by atoms with Crippen LogP contribution < -0.4 is 9.47 Å². The Morgan fingerprint density at radius 1 is 0.909 bits per heavy atom.